The van der Waals surface area contributed by atoms with Crippen molar-refractivity contribution in [3.63, 3.8) is 0 Å². The molecule has 0 spiro atoms. The van der Waals surface area contributed by atoms with E-state index in [1.165, 1.54) is 44.1 Å². The standard InChI is InChI=1S/C17H26/c1-5-7-15-8-6-9-16-11-10-14(13(2)3)12-17(15,16)4/h5,9,14-15H,1-2,6-8,10-12H2,3-4H3/t14-,15-,17+/m1/s1. The van der Waals surface area contributed by atoms with Crippen LogP contribution in [0.1, 0.15) is 52.4 Å². The highest BCUT2D eigenvalue weighted by molar-refractivity contribution is 5.23. The first-order valence-corrected chi connectivity index (χ1v) is 7.03. The summed E-state index contributed by atoms with van der Waals surface area (Å²) in [5.74, 6) is 1.55. The van der Waals surface area contributed by atoms with Crippen molar-refractivity contribution in [3.05, 3.63) is 36.5 Å². The summed E-state index contributed by atoms with van der Waals surface area (Å²) in [6.07, 6.45) is 12.4. The van der Waals surface area contributed by atoms with Gasteiger partial charge in [-0.2, -0.15) is 0 Å². The lowest BCUT2D eigenvalue weighted by Crippen LogP contribution is -2.37. The van der Waals surface area contributed by atoms with Gasteiger partial charge in [0.15, 0.2) is 0 Å². The third-order valence-electron chi connectivity index (χ3n) is 5.12. The van der Waals surface area contributed by atoms with E-state index in [4.69, 9.17) is 0 Å². The Balaban J connectivity index is 2.24. The molecule has 2 rings (SSSR count). The molecule has 1 saturated carbocycles. The summed E-state index contributed by atoms with van der Waals surface area (Å²) in [5, 5.41) is 0. The lowest BCUT2D eigenvalue weighted by atomic mass is 9.56. The van der Waals surface area contributed by atoms with Crippen LogP contribution in [-0.2, 0) is 0 Å². The number of allylic oxidation sites excluding steroid dienone is 4. The zero-order valence-electron chi connectivity index (χ0n) is 11.5. The van der Waals surface area contributed by atoms with Gasteiger partial charge in [-0.25, -0.2) is 0 Å². The molecule has 0 aromatic heterocycles. The van der Waals surface area contributed by atoms with Crippen LogP contribution in [0.4, 0.5) is 0 Å². The van der Waals surface area contributed by atoms with Crippen molar-refractivity contribution in [2.24, 2.45) is 17.3 Å². The molecule has 0 heteroatoms. The monoisotopic (exact) mass is 230 g/mol. The summed E-state index contributed by atoms with van der Waals surface area (Å²) in [6.45, 7) is 12.8. The number of hydrogen-bond donors (Lipinski definition) is 0. The van der Waals surface area contributed by atoms with Gasteiger partial charge in [0, 0.05) is 0 Å². The molecule has 0 saturated heterocycles. The third kappa shape index (κ3) is 2.27. The fourth-order valence-electron chi connectivity index (χ4n) is 3.90. The van der Waals surface area contributed by atoms with Crippen molar-refractivity contribution in [2.45, 2.75) is 52.4 Å². The highest BCUT2D eigenvalue weighted by Gasteiger charge is 2.42. The van der Waals surface area contributed by atoms with Gasteiger partial charge in [0.05, 0.1) is 0 Å². The zero-order chi connectivity index (χ0) is 12.5. The molecule has 2 aliphatic rings. The van der Waals surface area contributed by atoms with E-state index in [1.54, 1.807) is 5.57 Å². The smallest absolute Gasteiger partial charge is 0.00794 e. The lowest BCUT2D eigenvalue weighted by Gasteiger charge is -2.48. The van der Waals surface area contributed by atoms with Gasteiger partial charge >= 0.3 is 0 Å². The molecule has 3 atom stereocenters. The highest BCUT2D eigenvalue weighted by Crippen LogP contribution is 2.54. The minimum absolute atomic E-state index is 0.425. The molecule has 2 aliphatic carbocycles. The second-order valence-electron chi connectivity index (χ2n) is 6.23. The Bertz CT molecular complexity index is 347. The van der Waals surface area contributed by atoms with E-state index >= 15 is 0 Å². The molecule has 17 heavy (non-hydrogen) atoms. The van der Waals surface area contributed by atoms with Crippen LogP contribution in [0.2, 0.25) is 0 Å². The van der Waals surface area contributed by atoms with Crippen LogP contribution < -0.4 is 0 Å². The first kappa shape index (κ1) is 12.7. The molecule has 94 valence electrons. The van der Waals surface area contributed by atoms with Crippen molar-refractivity contribution in [3.8, 4) is 0 Å². The van der Waals surface area contributed by atoms with Crippen molar-refractivity contribution in [1.29, 1.82) is 0 Å². The summed E-state index contributed by atoms with van der Waals surface area (Å²) in [7, 11) is 0. The molecule has 0 amide bonds. The van der Waals surface area contributed by atoms with Gasteiger partial charge in [-0.15, -0.1) is 6.58 Å². The van der Waals surface area contributed by atoms with E-state index in [-0.39, 0.29) is 0 Å². The Hall–Kier alpha value is -0.780. The maximum absolute atomic E-state index is 4.18. The Morgan fingerprint density at radius 1 is 1.53 bits per heavy atom. The van der Waals surface area contributed by atoms with E-state index in [9.17, 15) is 0 Å². The first-order valence-electron chi connectivity index (χ1n) is 7.03. The second-order valence-corrected chi connectivity index (χ2v) is 6.23. The van der Waals surface area contributed by atoms with Crippen LogP contribution in [0.15, 0.2) is 36.5 Å². The SMILES string of the molecule is C=CC[C@@H]1CCC=C2CC[C@@H](C(=C)C)C[C@]21C. The van der Waals surface area contributed by atoms with E-state index in [1.807, 2.05) is 0 Å². The van der Waals surface area contributed by atoms with Gasteiger partial charge in [0.25, 0.3) is 0 Å². The topological polar surface area (TPSA) is 0 Å². The van der Waals surface area contributed by atoms with Crippen molar-refractivity contribution < 1.29 is 0 Å². The summed E-state index contributed by atoms with van der Waals surface area (Å²) in [4.78, 5) is 0. The fraction of sp³-hybridized carbons (Fsp3) is 0.647. The molecular formula is C17H26. The largest absolute Gasteiger partial charge is 0.103 e. The highest BCUT2D eigenvalue weighted by atomic mass is 14.5. The van der Waals surface area contributed by atoms with E-state index in [0.717, 1.165) is 11.8 Å². The number of rotatable bonds is 3. The van der Waals surface area contributed by atoms with Gasteiger partial charge in [0.2, 0.25) is 0 Å². The number of fused-ring (bicyclic) bond motifs is 1. The summed E-state index contributed by atoms with van der Waals surface area (Å²) < 4.78 is 0. The van der Waals surface area contributed by atoms with E-state index < -0.39 is 0 Å². The molecular weight excluding hydrogens is 204 g/mol. The van der Waals surface area contributed by atoms with Crippen LogP contribution in [-0.4, -0.2) is 0 Å². The Morgan fingerprint density at radius 3 is 2.94 bits per heavy atom. The van der Waals surface area contributed by atoms with Crippen LogP contribution in [0.3, 0.4) is 0 Å². The Labute approximate surface area is 106 Å². The second kappa shape index (κ2) is 4.84. The van der Waals surface area contributed by atoms with Gasteiger partial charge in [-0.05, 0) is 62.7 Å². The normalized spacial score (nSPS) is 36.9. The van der Waals surface area contributed by atoms with Crippen LogP contribution >= 0.6 is 0 Å². The minimum atomic E-state index is 0.425. The first-order chi connectivity index (χ1) is 8.08. The average molecular weight is 230 g/mol. The van der Waals surface area contributed by atoms with Gasteiger partial charge in [-0.3, -0.25) is 0 Å². The molecule has 0 radical (unpaired) electrons. The summed E-state index contributed by atoms with van der Waals surface area (Å²) in [5.41, 5.74) is 3.54. The molecule has 1 fully saturated rings. The summed E-state index contributed by atoms with van der Waals surface area (Å²) in [6, 6.07) is 0. The van der Waals surface area contributed by atoms with Crippen molar-refractivity contribution in [1.82, 2.24) is 0 Å². The summed E-state index contributed by atoms with van der Waals surface area (Å²) >= 11 is 0. The lowest BCUT2D eigenvalue weighted by molar-refractivity contribution is 0.139. The Morgan fingerprint density at radius 2 is 2.29 bits per heavy atom. The van der Waals surface area contributed by atoms with Crippen LogP contribution in [0, 0.1) is 17.3 Å². The molecule has 0 aromatic carbocycles. The van der Waals surface area contributed by atoms with E-state index in [0.29, 0.717) is 5.41 Å². The molecule has 0 aliphatic heterocycles. The molecule has 0 aromatic rings. The quantitative estimate of drug-likeness (QED) is 0.578. The third-order valence-corrected chi connectivity index (χ3v) is 5.12. The number of hydrogen-bond acceptors (Lipinski definition) is 0. The maximum atomic E-state index is 4.18. The van der Waals surface area contributed by atoms with Gasteiger partial charge < -0.3 is 0 Å². The Kier molecular flexibility index (Phi) is 3.61. The maximum Gasteiger partial charge on any atom is -0.00794 e. The molecule has 0 nitrogen and oxygen atoms in total. The predicted molar refractivity (Wildman–Crippen MR) is 75.9 cm³/mol. The predicted octanol–water partition coefficient (Wildman–Crippen LogP) is 5.28. The van der Waals surface area contributed by atoms with Crippen LogP contribution in [0.25, 0.3) is 0 Å². The zero-order valence-corrected chi connectivity index (χ0v) is 11.5. The van der Waals surface area contributed by atoms with E-state index in [2.05, 4.69) is 39.2 Å². The van der Waals surface area contributed by atoms with Crippen molar-refractivity contribution >= 4 is 0 Å². The average Bonchev–Trinajstić information content (AvgIpc) is 2.29. The minimum Gasteiger partial charge on any atom is -0.103 e. The molecule has 0 N–H and O–H groups in total. The van der Waals surface area contributed by atoms with Crippen molar-refractivity contribution in [2.75, 3.05) is 0 Å². The molecule has 0 bridgehead atoms. The van der Waals surface area contributed by atoms with Gasteiger partial charge in [0.1, 0.15) is 0 Å². The molecule has 0 unspecified atom stereocenters. The molecule has 0 heterocycles. The van der Waals surface area contributed by atoms with Crippen LogP contribution in [0.5, 0.6) is 0 Å². The van der Waals surface area contributed by atoms with Gasteiger partial charge in [-0.1, -0.05) is 36.8 Å². The fourth-order valence-corrected chi connectivity index (χ4v) is 3.90.